The Morgan fingerprint density at radius 1 is 1.40 bits per heavy atom. The summed E-state index contributed by atoms with van der Waals surface area (Å²) >= 11 is 6.10. The lowest BCUT2D eigenvalue weighted by molar-refractivity contribution is 0.475. The normalized spacial score (nSPS) is 26.1. The van der Waals surface area contributed by atoms with Crippen molar-refractivity contribution in [1.82, 2.24) is 14.8 Å². The number of hydrogen-bond acceptors (Lipinski definition) is 2. The minimum atomic E-state index is 0.532. The number of aromatic nitrogens is 3. The van der Waals surface area contributed by atoms with Crippen LogP contribution in [-0.2, 0) is 6.42 Å². The van der Waals surface area contributed by atoms with Gasteiger partial charge >= 0.3 is 0 Å². The van der Waals surface area contributed by atoms with E-state index in [0.29, 0.717) is 11.3 Å². The fraction of sp³-hybridized carbons (Fsp3) is 0.818. The Morgan fingerprint density at radius 2 is 2.20 bits per heavy atom. The van der Waals surface area contributed by atoms with Crippen LogP contribution in [0, 0.1) is 5.92 Å². The molecule has 0 radical (unpaired) electrons. The van der Waals surface area contributed by atoms with Gasteiger partial charge in [0.2, 0.25) is 5.28 Å². The minimum absolute atomic E-state index is 0.532. The van der Waals surface area contributed by atoms with Gasteiger partial charge in [-0.05, 0) is 43.2 Å². The van der Waals surface area contributed by atoms with Gasteiger partial charge in [0.1, 0.15) is 5.82 Å². The lowest BCUT2D eigenvalue weighted by atomic mass is 10.1. The van der Waals surface area contributed by atoms with Crippen molar-refractivity contribution in [3.8, 4) is 0 Å². The van der Waals surface area contributed by atoms with E-state index in [2.05, 4.69) is 28.6 Å². The Hall–Kier alpha value is -0.570. The Labute approximate surface area is 95.8 Å². The van der Waals surface area contributed by atoms with E-state index in [1.165, 1.54) is 19.3 Å². The van der Waals surface area contributed by atoms with Crippen LogP contribution in [-0.4, -0.2) is 14.8 Å². The van der Waals surface area contributed by atoms with Crippen molar-refractivity contribution >= 4 is 11.6 Å². The molecule has 1 fully saturated rings. The molecule has 1 aromatic rings. The van der Waals surface area contributed by atoms with Crippen LogP contribution in [0.4, 0.5) is 0 Å². The molecule has 1 aliphatic rings. The summed E-state index contributed by atoms with van der Waals surface area (Å²) in [6.45, 7) is 4.46. The maximum Gasteiger partial charge on any atom is 0.225 e. The molecule has 2 atom stereocenters. The average Bonchev–Trinajstić information content (AvgIpc) is 2.74. The Kier molecular flexibility index (Phi) is 3.29. The first kappa shape index (κ1) is 10.9. The fourth-order valence-corrected chi connectivity index (χ4v) is 2.74. The molecule has 3 nitrogen and oxygen atoms in total. The molecular formula is C11H18ClN3. The van der Waals surface area contributed by atoms with Crippen LogP contribution >= 0.6 is 11.6 Å². The summed E-state index contributed by atoms with van der Waals surface area (Å²) in [4.78, 5) is 0. The van der Waals surface area contributed by atoms with Gasteiger partial charge in [0.25, 0.3) is 0 Å². The summed E-state index contributed by atoms with van der Waals surface area (Å²) in [5.74, 6) is 1.87. The van der Waals surface area contributed by atoms with E-state index in [1.54, 1.807) is 0 Å². The lowest BCUT2D eigenvalue weighted by Crippen LogP contribution is -2.10. The maximum absolute atomic E-state index is 6.10. The van der Waals surface area contributed by atoms with Crippen molar-refractivity contribution in [2.45, 2.75) is 52.0 Å². The van der Waals surface area contributed by atoms with Crippen molar-refractivity contribution in [3.63, 3.8) is 0 Å². The van der Waals surface area contributed by atoms with Crippen molar-refractivity contribution in [3.05, 3.63) is 11.1 Å². The Bertz CT molecular complexity index is 335. The van der Waals surface area contributed by atoms with E-state index in [4.69, 9.17) is 11.6 Å². The van der Waals surface area contributed by atoms with Gasteiger partial charge in [0.05, 0.1) is 0 Å². The molecule has 2 rings (SSSR count). The standard InChI is InChI=1S/C11H18ClN3/c1-3-4-10-13-14-11(12)15(10)9-6-5-8(2)7-9/h8-9H,3-7H2,1-2H3. The van der Waals surface area contributed by atoms with Gasteiger partial charge in [-0.25, -0.2) is 0 Å². The quantitative estimate of drug-likeness (QED) is 0.794. The van der Waals surface area contributed by atoms with Crippen LogP contribution in [0.1, 0.15) is 51.4 Å². The van der Waals surface area contributed by atoms with Gasteiger partial charge in [-0.3, -0.25) is 4.57 Å². The van der Waals surface area contributed by atoms with Crippen LogP contribution in [0.2, 0.25) is 5.28 Å². The van der Waals surface area contributed by atoms with Crippen molar-refractivity contribution < 1.29 is 0 Å². The summed E-state index contributed by atoms with van der Waals surface area (Å²) in [6, 6.07) is 0.532. The number of hydrogen-bond donors (Lipinski definition) is 0. The molecule has 15 heavy (non-hydrogen) atoms. The molecule has 1 aliphatic carbocycles. The molecule has 1 aromatic heterocycles. The van der Waals surface area contributed by atoms with Crippen molar-refractivity contribution in [2.24, 2.45) is 5.92 Å². The zero-order valence-corrected chi connectivity index (χ0v) is 10.2. The molecule has 0 spiro atoms. The van der Waals surface area contributed by atoms with E-state index < -0.39 is 0 Å². The molecule has 1 heterocycles. The van der Waals surface area contributed by atoms with Crippen molar-refractivity contribution in [1.29, 1.82) is 0 Å². The van der Waals surface area contributed by atoms with E-state index in [-0.39, 0.29) is 0 Å². The molecule has 1 saturated carbocycles. The van der Waals surface area contributed by atoms with Crippen LogP contribution in [0.5, 0.6) is 0 Å². The van der Waals surface area contributed by atoms with Crippen molar-refractivity contribution in [2.75, 3.05) is 0 Å². The van der Waals surface area contributed by atoms with Gasteiger partial charge in [-0.1, -0.05) is 13.8 Å². The predicted molar refractivity (Wildman–Crippen MR) is 61.1 cm³/mol. The number of nitrogens with zero attached hydrogens (tertiary/aromatic N) is 3. The van der Waals surface area contributed by atoms with Gasteiger partial charge in [0.15, 0.2) is 0 Å². The molecule has 0 aromatic carbocycles. The van der Waals surface area contributed by atoms with Crippen LogP contribution < -0.4 is 0 Å². The molecule has 0 bridgehead atoms. The predicted octanol–water partition coefficient (Wildman–Crippen LogP) is 3.25. The third-order valence-electron chi connectivity index (χ3n) is 3.23. The summed E-state index contributed by atoms with van der Waals surface area (Å²) in [5.41, 5.74) is 0. The number of aryl methyl sites for hydroxylation is 1. The fourth-order valence-electron chi connectivity index (χ4n) is 2.47. The third kappa shape index (κ3) is 2.17. The topological polar surface area (TPSA) is 30.7 Å². The Morgan fingerprint density at radius 3 is 2.80 bits per heavy atom. The highest BCUT2D eigenvalue weighted by molar-refractivity contribution is 6.28. The van der Waals surface area contributed by atoms with Gasteiger partial charge < -0.3 is 0 Å². The summed E-state index contributed by atoms with van der Waals surface area (Å²) < 4.78 is 2.15. The van der Waals surface area contributed by atoms with Gasteiger partial charge in [-0.15, -0.1) is 10.2 Å². The van der Waals surface area contributed by atoms with Gasteiger partial charge in [-0.2, -0.15) is 0 Å². The first-order chi connectivity index (χ1) is 7.22. The Balaban J connectivity index is 2.21. The molecule has 0 N–H and O–H groups in total. The highest BCUT2D eigenvalue weighted by Gasteiger charge is 2.26. The SMILES string of the molecule is CCCc1nnc(Cl)n1C1CCC(C)C1. The molecule has 0 amide bonds. The largest absolute Gasteiger partial charge is 0.299 e. The molecule has 0 saturated heterocycles. The first-order valence-corrected chi connectivity index (χ1v) is 6.19. The smallest absolute Gasteiger partial charge is 0.225 e. The van der Waals surface area contributed by atoms with Crippen LogP contribution in [0.25, 0.3) is 0 Å². The second-order valence-corrected chi connectivity index (χ2v) is 4.92. The average molecular weight is 228 g/mol. The lowest BCUT2D eigenvalue weighted by Gasteiger charge is -2.14. The molecular weight excluding hydrogens is 210 g/mol. The molecule has 0 aliphatic heterocycles. The van der Waals surface area contributed by atoms with E-state index in [9.17, 15) is 0 Å². The molecule has 2 unspecified atom stereocenters. The maximum atomic E-state index is 6.10. The van der Waals surface area contributed by atoms with E-state index >= 15 is 0 Å². The third-order valence-corrected chi connectivity index (χ3v) is 3.49. The van der Waals surface area contributed by atoms with Crippen LogP contribution in [0.3, 0.4) is 0 Å². The number of halogens is 1. The summed E-state index contributed by atoms with van der Waals surface area (Å²) in [7, 11) is 0. The zero-order chi connectivity index (χ0) is 10.8. The second kappa shape index (κ2) is 4.52. The monoisotopic (exact) mass is 227 g/mol. The van der Waals surface area contributed by atoms with Gasteiger partial charge in [0, 0.05) is 12.5 Å². The molecule has 4 heteroatoms. The van der Waals surface area contributed by atoms with E-state index in [0.717, 1.165) is 24.6 Å². The second-order valence-electron chi connectivity index (χ2n) is 4.58. The highest BCUT2D eigenvalue weighted by Crippen LogP contribution is 2.36. The minimum Gasteiger partial charge on any atom is -0.299 e. The summed E-state index contributed by atoms with van der Waals surface area (Å²) in [6.07, 6.45) is 5.80. The molecule has 84 valence electrons. The van der Waals surface area contributed by atoms with Crippen LogP contribution in [0.15, 0.2) is 0 Å². The zero-order valence-electron chi connectivity index (χ0n) is 9.41. The van der Waals surface area contributed by atoms with E-state index in [1.807, 2.05) is 0 Å². The number of rotatable bonds is 3. The highest BCUT2D eigenvalue weighted by atomic mass is 35.5. The first-order valence-electron chi connectivity index (χ1n) is 5.81. The summed E-state index contributed by atoms with van der Waals surface area (Å²) in [5, 5.41) is 8.71.